The second kappa shape index (κ2) is 6.18. The van der Waals surface area contributed by atoms with Crippen LogP contribution in [0.25, 0.3) is 0 Å². The minimum absolute atomic E-state index is 0.250. The monoisotopic (exact) mass is 304 g/mol. The molecule has 0 aliphatic carbocycles. The quantitative estimate of drug-likeness (QED) is 0.861. The molecule has 0 aliphatic rings. The van der Waals surface area contributed by atoms with Crippen molar-refractivity contribution in [2.45, 2.75) is 11.3 Å². The van der Waals surface area contributed by atoms with E-state index in [0.29, 0.717) is 5.69 Å². The van der Waals surface area contributed by atoms with Crippen molar-refractivity contribution in [2.75, 3.05) is 30.5 Å². The van der Waals surface area contributed by atoms with Crippen LogP contribution in [-0.4, -0.2) is 28.3 Å². The molecule has 0 radical (unpaired) electrons. The van der Waals surface area contributed by atoms with E-state index in [1.807, 2.05) is 30.1 Å². The van der Waals surface area contributed by atoms with Crippen LogP contribution in [0.3, 0.4) is 0 Å². The van der Waals surface area contributed by atoms with Gasteiger partial charge in [-0.2, -0.15) is 0 Å². The molecule has 0 fully saturated rings. The maximum absolute atomic E-state index is 11.5. The van der Waals surface area contributed by atoms with Gasteiger partial charge in [-0.25, -0.2) is 8.42 Å². The smallest absolute Gasteiger partial charge is 0.175 e. The van der Waals surface area contributed by atoms with Gasteiger partial charge < -0.3 is 10.6 Å². The third-order valence-corrected chi connectivity index (χ3v) is 4.53. The van der Waals surface area contributed by atoms with Crippen molar-refractivity contribution in [1.29, 1.82) is 0 Å². The van der Waals surface area contributed by atoms with E-state index in [9.17, 15) is 8.42 Å². The maximum Gasteiger partial charge on any atom is 0.175 e. The molecule has 0 saturated heterocycles. The highest BCUT2D eigenvalue weighted by molar-refractivity contribution is 7.90. The number of likely N-dealkylation sites (N-methyl/N-ethyl adjacent to an activating group) is 1. The molecule has 0 spiro atoms. The van der Waals surface area contributed by atoms with Gasteiger partial charge in [-0.15, -0.1) is 0 Å². The lowest BCUT2D eigenvalue weighted by Gasteiger charge is -2.21. The molecular formula is C16H20N2O2S. The first-order chi connectivity index (χ1) is 9.88. The zero-order chi connectivity index (χ0) is 15.5. The summed E-state index contributed by atoms with van der Waals surface area (Å²) in [4.78, 5) is 2.29. The van der Waals surface area contributed by atoms with E-state index in [0.717, 1.165) is 18.7 Å². The average Bonchev–Trinajstić information content (AvgIpc) is 2.45. The van der Waals surface area contributed by atoms with Crippen molar-refractivity contribution in [3.8, 4) is 0 Å². The Hall–Kier alpha value is -2.01. The van der Waals surface area contributed by atoms with Crippen LogP contribution in [0.1, 0.15) is 5.56 Å². The van der Waals surface area contributed by atoms with E-state index in [1.165, 1.54) is 17.9 Å². The molecule has 0 saturated carbocycles. The number of hydrogen-bond donors (Lipinski definition) is 1. The summed E-state index contributed by atoms with van der Waals surface area (Å²) in [5.74, 6) is 0. The van der Waals surface area contributed by atoms with E-state index < -0.39 is 9.84 Å². The first-order valence-electron chi connectivity index (χ1n) is 6.72. The highest BCUT2D eigenvalue weighted by Gasteiger charge is 2.11. The number of hydrogen-bond acceptors (Lipinski definition) is 4. The zero-order valence-electron chi connectivity index (χ0n) is 12.3. The first-order valence-corrected chi connectivity index (χ1v) is 8.62. The predicted molar refractivity (Wildman–Crippen MR) is 87.4 cm³/mol. The molecule has 4 nitrogen and oxygen atoms in total. The molecule has 0 aliphatic heterocycles. The third kappa shape index (κ3) is 3.98. The van der Waals surface area contributed by atoms with Crippen LogP contribution < -0.4 is 10.6 Å². The minimum Gasteiger partial charge on any atom is -0.397 e. The summed E-state index contributed by atoms with van der Waals surface area (Å²) >= 11 is 0. The second-order valence-corrected chi connectivity index (χ2v) is 7.17. The van der Waals surface area contributed by atoms with Crippen molar-refractivity contribution in [2.24, 2.45) is 0 Å². The molecule has 5 heteroatoms. The van der Waals surface area contributed by atoms with E-state index in [4.69, 9.17) is 5.73 Å². The molecule has 0 heterocycles. The molecule has 0 unspecified atom stereocenters. The van der Waals surface area contributed by atoms with Gasteiger partial charge in [0.25, 0.3) is 0 Å². The molecule has 0 amide bonds. The average molecular weight is 304 g/mol. The Morgan fingerprint density at radius 3 is 2.33 bits per heavy atom. The Kier molecular flexibility index (Phi) is 4.53. The molecule has 2 N–H and O–H groups in total. The van der Waals surface area contributed by atoms with Crippen molar-refractivity contribution < 1.29 is 8.42 Å². The van der Waals surface area contributed by atoms with Crippen LogP contribution in [0.4, 0.5) is 11.4 Å². The molecule has 0 bridgehead atoms. The fraction of sp³-hybridized carbons (Fsp3) is 0.250. The Labute approximate surface area is 126 Å². The van der Waals surface area contributed by atoms with Crippen LogP contribution in [0.5, 0.6) is 0 Å². The van der Waals surface area contributed by atoms with E-state index in [1.54, 1.807) is 12.1 Å². The summed E-state index contributed by atoms with van der Waals surface area (Å²) in [7, 11) is -1.27. The van der Waals surface area contributed by atoms with E-state index in [2.05, 4.69) is 12.1 Å². The number of rotatable bonds is 5. The van der Waals surface area contributed by atoms with Crippen molar-refractivity contribution in [3.05, 3.63) is 54.1 Å². The van der Waals surface area contributed by atoms with Gasteiger partial charge in [0.15, 0.2) is 9.84 Å². The van der Waals surface area contributed by atoms with Crippen LogP contribution in [0.2, 0.25) is 0 Å². The second-order valence-electron chi connectivity index (χ2n) is 5.15. The van der Waals surface area contributed by atoms with Gasteiger partial charge in [-0.3, -0.25) is 0 Å². The fourth-order valence-corrected chi connectivity index (χ4v) is 2.83. The summed E-state index contributed by atoms with van der Waals surface area (Å²) in [6.45, 7) is 0.812. The molecule has 21 heavy (non-hydrogen) atoms. The fourth-order valence-electron chi connectivity index (χ4n) is 2.17. The number of nitrogens with two attached hydrogens (primary N) is 1. The first kappa shape index (κ1) is 15.4. The Morgan fingerprint density at radius 2 is 1.76 bits per heavy atom. The third-order valence-electron chi connectivity index (χ3n) is 3.42. The molecule has 112 valence electrons. The lowest BCUT2D eigenvalue weighted by atomic mass is 10.1. The zero-order valence-corrected chi connectivity index (χ0v) is 13.1. The van der Waals surface area contributed by atoms with Gasteiger partial charge in [0.2, 0.25) is 0 Å². The number of benzene rings is 2. The van der Waals surface area contributed by atoms with Crippen molar-refractivity contribution in [3.63, 3.8) is 0 Å². The van der Waals surface area contributed by atoms with Crippen molar-refractivity contribution >= 4 is 21.2 Å². The topological polar surface area (TPSA) is 63.4 Å². The van der Waals surface area contributed by atoms with Gasteiger partial charge in [0.05, 0.1) is 16.3 Å². The lowest BCUT2D eigenvalue weighted by Crippen LogP contribution is -2.21. The summed E-state index contributed by atoms with van der Waals surface area (Å²) in [5.41, 5.74) is 8.57. The van der Waals surface area contributed by atoms with Crippen LogP contribution in [0, 0.1) is 0 Å². The summed E-state index contributed by atoms with van der Waals surface area (Å²) in [5, 5.41) is 0. The predicted octanol–water partition coefficient (Wildman–Crippen LogP) is 2.35. The van der Waals surface area contributed by atoms with Crippen LogP contribution in [-0.2, 0) is 16.3 Å². The molecular weight excluding hydrogens is 284 g/mol. The van der Waals surface area contributed by atoms with E-state index in [-0.39, 0.29) is 4.90 Å². The summed E-state index contributed by atoms with van der Waals surface area (Å²) < 4.78 is 23.0. The van der Waals surface area contributed by atoms with Gasteiger partial charge in [0.1, 0.15) is 0 Å². The molecule has 0 atom stereocenters. The highest BCUT2D eigenvalue weighted by atomic mass is 32.2. The summed E-state index contributed by atoms with van der Waals surface area (Å²) in [6, 6.07) is 15.1. The van der Waals surface area contributed by atoms with Crippen molar-refractivity contribution in [1.82, 2.24) is 0 Å². The highest BCUT2D eigenvalue weighted by Crippen LogP contribution is 2.25. The number of nitrogen functional groups attached to an aromatic ring is 1. The Bertz CT molecular complexity index is 712. The molecule has 0 aromatic heterocycles. The summed E-state index contributed by atoms with van der Waals surface area (Å²) in [6.07, 6.45) is 2.09. The number of anilines is 2. The van der Waals surface area contributed by atoms with E-state index >= 15 is 0 Å². The largest absolute Gasteiger partial charge is 0.397 e. The molecule has 2 rings (SSSR count). The Balaban J connectivity index is 2.11. The van der Waals surface area contributed by atoms with Gasteiger partial charge >= 0.3 is 0 Å². The molecule has 2 aromatic rings. The van der Waals surface area contributed by atoms with Gasteiger partial charge in [0, 0.05) is 19.8 Å². The van der Waals surface area contributed by atoms with Gasteiger partial charge in [-0.05, 0) is 30.2 Å². The lowest BCUT2D eigenvalue weighted by molar-refractivity contribution is 0.602. The number of nitrogens with zero attached hydrogens (tertiary/aromatic N) is 1. The standard InChI is InChI=1S/C16H20N2O2S/c1-18(11-10-13-6-4-3-5-7-13)16-9-8-14(12-15(16)17)21(2,19)20/h3-9,12H,10-11,17H2,1-2H3. The number of sulfone groups is 1. The van der Waals surface area contributed by atoms with Crippen LogP contribution in [0.15, 0.2) is 53.4 Å². The van der Waals surface area contributed by atoms with Crippen LogP contribution >= 0.6 is 0 Å². The normalized spacial score (nSPS) is 11.3. The molecule has 2 aromatic carbocycles. The Morgan fingerprint density at radius 1 is 1.10 bits per heavy atom. The van der Waals surface area contributed by atoms with Gasteiger partial charge in [-0.1, -0.05) is 30.3 Å². The minimum atomic E-state index is -3.22. The SMILES string of the molecule is CN(CCc1ccccc1)c1ccc(S(C)(=O)=O)cc1N. The maximum atomic E-state index is 11.5.